The summed E-state index contributed by atoms with van der Waals surface area (Å²) in [6.07, 6.45) is 8.35. The fraction of sp³-hybridized carbons (Fsp3) is 0.300. The van der Waals surface area contributed by atoms with Crippen LogP contribution in [-0.2, 0) is 0 Å². The highest BCUT2D eigenvalue weighted by Crippen LogP contribution is 2.25. The van der Waals surface area contributed by atoms with Crippen LogP contribution in [0.15, 0.2) is 54.4 Å². The number of anilines is 1. The molecule has 0 radical (unpaired) electrons. The van der Waals surface area contributed by atoms with E-state index in [1.807, 2.05) is 13.1 Å². The normalized spacial score (nSPS) is 12.5. The van der Waals surface area contributed by atoms with Gasteiger partial charge in [-0.1, -0.05) is 43.4 Å². The monoisotopic (exact) mass is 307 g/mol. The second-order valence-electron chi connectivity index (χ2n) is 5.82. The highest BCUT2D eigenvalue weighted by molar-refractivity contribution is 5.83. The molecule has 0 bridgehead atoms. The first-order chi connectivity index (χ1) is 11.0. The summed E-state index contributed by atoms with van der Waals surface area (Å²) in [7, 11) is 0. The largest absolute Gasteiger partial charge is 0.329 e. The Morgan fingerprint density at radius 1 is 1.30 bits per heavy atom. The molecule has 0 atom stereocenters. The maximum absolute atomic E-state index is 4.58. The second-order valence-corrected chi connectivity index (χ2v) is 5.82. The Kier molecular flexibility index (Phi) is 5.69. The maximum Gasteiger partial charge on any atom is 0.227 e. The molecule has 1 aromatic heterocycles. The number of hydrogen-bond donors (Lipinski definition) is 1. The lowest BCUT2D eigenvalue weighted by molar-refractivity contribution is 1.13. The van der Waals surface area contributed by atoms with E-state index < -0.39 is 0 Å². The van der Waals surface area contributed by atoms with Crippen molar-refractivity contribution in [2.75, 3.05) is 5.32 Å². The molecule has 0 fully saturated rings. The highest BCUT2D eigenvalue weighted by Gasteiger charge is 2.06. The molecule has 1 aromatic carbocycles. The number of rotatable bonds is 6. The third-order valence-corrected chi connectivity index (χ3v) is 3.65. The Morgan fingerprint density at radius 2 is 2.09 bits per heavy atom. The molecule has 0 unspecified atom stereocenters. The van der Waals surface area contributed by atoms with Gasteiger partial charge in [0, 0.05) is 17.3 Å². The van der Waals surface area contributed by atoms with Gasteiger partial charge >= 0.3 is 0 Å². The van der Waals surface area contributed by atoms with Gasteiger partial charge < -0.3 is 5.32 Å². The van der Waals surface area contributed by atoms with E-state index in [0.717, 1.165) is 29.4 Å². The molecule has 3 nitrogen and oxygen atoms in total. The molecule has 120 valence electrons. The van der Waals surface area contributed by atoms with Gasteiger partial charge in [-0.15, -0.1) is 0 Å². The summed E-state index contributed by atoms with van der Waals surface area (Å²) in [6.45, 7) is 12.2. The number of fused-ring (bicyclic) bond motifs is 1. The molecule has 1 N–H and O–H groups in total. The van der Waals surface area contributed by atoms with Gasteiger partial charge in [0.1, 0.15) is 0 Å². The molecule has 1 heterocycles. The predicted octanol–water partition coefficient (Wildman–Crippen LogP) is 5.73. The Morgan fingerprint density at radius 3 is 2.74 bits per heavy atom. The van der Waals surface area contributed by atoms with Crippen LogP contribution < -0.4 is 5.32 Å². The summed E-state index contributed by atoms with van der Waals surface area (Å²) in [5, 5.41) is 4.11. The topological polar surface area (TPSA) is 37.8 Å². The zero-order valence-electron chi connectivity index (χ0n) is 14.5. The van der Waals surface area contributed by atoms with Gasteiger partial charge in [-0.25, -0.2) is 9.97 Å². The van der Waals surface area contributed by atoms with E-state index in [2.05, 4.69) is 73.0 Å². The van der Waals surface area contributed by atoms with Gasteiger partial charge in [0.25, 0.3) is 0 Å². The number of nitrogens with zero attached hydrogens (tertiary/aromatic N) is 2. The lowest BCUT2D eigenvalue weighted by Crippen LogP contribution is -1.99. The Labute approximate surface area is 138 Å². The summed E-state index contributed by atoms with van der Waals surface area (Å²) in [5.41, 5.74) is 5.70. The van der Waals surface area contributed by atoms with E-state index >= 15 is 0 Å². The zero-order valence-corrected chi connectivity index (χ0v) is 14.5. The summed E-state index contributed by atoms with van der Waals surface area (Å²) in [6, 6.07) is 6.36. The van der Waals surface area contributed by atoms with Crippen molar-refractivity contribution in [3.8, 4) is 0 Å². The molecule has 0 aliphatic rings. The molecule has 0 saturated heterocycles. The minimum Gasteiger partial charge on any atom is -0.329 e. The van der Waals surface area contributed by atoms with E-state index in [0.29, 0.717) is 5.95 Å². The molecule has 0 amide bonds. The summed E-state index contributed by atoms with van der Waals surface area (Å²) in [4.78, 5) is 8.89. The third-order valence-electron chi connectivity index (χ3n) is 3.65. The molecular formula is C20H25N3. The second kappa shape index (κ2) is 7.73. The minimum absolute atomic E-state index is 0.589. The average molecular weight is 307 g/mol. The van der Waals surface area contributed by atoms with Crippen LogP contribution in [0.3, 0.4) is 0 Å². The number of aromatic nitrogens is 2. The Hall–Kier alpha value is -2.42. The average Bonchev–Trinajstić information content (AvgIpc) is 2.51. The van der Waals surface area contributed by atoms with Gasteiger partial charge in [-0.2, -0.15) is 0 Å². The van der Waals surface area contributed by atoms with Gasteiger partial charge in [0.15, 0.2) is 0 Å². The zero-order chi connectivity index (χ0) is 16.8. The first-order valence-electron chi connectivity index (χ1n) is 8.04. The van der Waals surface area contributed by atoms with Gasteiger partial charge in [0.05, 0.1) is 5.52 Å². The fourth-order valence-electron chi connectivity index (χ4n) is 2.57. The van der Waals surface area contributed by atoms with Crippen molar-refractivity contribution in [2.45, 2.75) is 40.5 Å². The van der Waals surface area contributed by atoms with Crippen LogP contribution in [-0.4, -0.2) is 9.97 Å². The number of allylic oxidation sites excluding steroid dienone is 5. The third kappa shape index (κ3) is 4.52. The summed E-state index contributed by atoms with van der Waals surface area (Å²) >= 11 is 0. The Bertz CT molecular complexity index is 770. The summed E-state index contributed by atoms with van der Waals surface area (Å²) < 4.78 is 0. The van der Waals surface area contributed by atoms with Crippen LogP contribution in [0.25, 0.3) is 16.5 Å². The minimum atomic E-state index is 0.589. The SMILES string of the molecule is C=C(C)Nc1ncc2ccc(/C(=C/C)C/C(C)=C/CC)cc2n1. The van der Waals surface area contributed by atoms with E-state index in [-0.39, 0.29) is 0 Å². The van der Waals surface area contributed by atoms with Gasteiger partial charge in [-0.3, -0.25) is 0 Å². The summed E-state index contributed by atoms with van der Waals surface area (Å²) in [5.74, 6) is 0.589. The molecule has 0 spiro atoms. The molecule has 0 aliphatic heterocycles. The van der Waals surface area contributed by atoms with Crippen molar-refractivity contribution in [1.29, 1.82) is 0 Å². The molecular weight excluding hydrogens is 282 g/mol. The Balaban J connectivity index is 2.37. The molecule has 3 heteroatoms. The lowest BCUT2D eigenvalue weighted by Gasteiger charge is -2.10. The van der Waals surface area contributed by atoms with Crippen LogP contribution >= 0.6 is 0 Å². The van der Waals surface area contributed by atoms with Crippen molar-refractivity contribution in [3.05, 3.63) is 60.0 Å². The van der Waals surface area contributed by atoms with Crippen LogP contribution in [0.2, 0.25) is 0 Å². The molecule has 23 heavy (non-hydrogen) atoms. The first-order valence-corrected chi connectivity index (χ1v) is 8.04. The van der Waals surface area contributed by atoms with Crippen LogP contribution in [0, 0.1) is 0 Å². The van der Waals surface area contributed by atoms with Crippen molar-refractivity contribution in [1.82, 2.24) is 9.97 Å². The van der Waals surface area contributed by atoms with Gasteiger partial charge in [-0.05, 0) is 50.8 Å². The van der Waals surface area contributed by atoms with E-state index in [9.17, 15) is 0 Å². The van der Waals surface area contributed by atoms with E-state index in [1.165, 1.54) is 16.7 Å². The highest BCUT2D eigenvalue weighted by atomic mass is 15.1. The van der Waals surface area contributed by atoms with Crippen LogP contribution in [0.1, 0.15) is 46.1 Å². The van der Waals surface area contributed by atoms with Crippen LogP contribution in [0.5, 0.6) is 0 Å². The quantitative estimate of drug-likeness (QED) is 0.693. The van der Waals surface area contributed by atoms with Crippen LogP contribution in [0.4, 0.5) is 5.95 Å². The smallest absolute Gasteiger partial charge is 0.227 e. The molecule has 2 aromatic rings. The molecule has 0 aliphatic carbocycles. The van der Waals surface area contributed by atoms with Gasteiger partial charge in [0.2, 0.25) is 5.95 Å². The number of nitrogens with one attached hydrogen (secondary N) is 1. The van der Waals surface area contributed by atoms with Crippen molar-refractivity contribution in [2.24, 2.45) is 0 Å². The number of benzene rings is 1. The van der Waals surface area contributed by atoms with Crippen molar-refractivity contribution < 1.29 is 0 Å². The van der Waals surface area contributed by atoms with Crippen molar-refractivity contribution >= 4 is 22.4 Å². The van der Waals surface area contributed by atoms with Crippen molar-refractivity contribution in [3.63, 3.8) is 0 Å². The molecule has 2 rings (SSSR count). The predicted molar refractivity (Wildman–Crippen MR) is 100 cm³/mol. The number of hydrogen-bond acceptors (Lipinski definition) is 3. The maximum atomic E-state index is 4.58. The molecule has 0 saturated carbocycles. The lowest BCUT2D eigenvalue weighted by atomic mass is 9.97. The first kappa shape index (κ1) is 16.9. The van der Waals surface area contributed by atoms with E-state index in [4.69, 9.17) is 0 Å². The van der Waals surface area contributed by atoms with E-state index in [1.54, 1.807) is 0 Å². The standard InChI is InChI=1S/C20H25N3/c1-6-8-15(5)11-16(7-2)17-9-10-18-13-21-20(22-14(3)4)23-19(18)12-17/h7-10,12-13H,3,6,11H2,1-2,4-5H3,(H,21,22,23)/b15-8+,16-7+. The fourth-order valence-corrected chi connectivity index (χ4v) is 2.57.